The first-order chi connectivity index (χ1) is 12.5. The molecule has 1 aromatic carbocycles. The van der Waals surface area contributed by atoms with Crippen LogP contribution < -0.4 is 4.74 Å². The first kappa shape index (κ1) is 18.3. The molecule has 3 aromatic rings. The van der Waals surface area contributed by atoms with Crippen LogP contribution in [0.5, 0.6) is 5.75 Å². The van der Waals surface area contributed by atoms with Crippen LogP contribution in [0.1, 0.15) is 23.7 Å². The van der Waals surface area contributed by atoms with E-state index in [0.717, 1.165) is 33.6 Å². The van der Waals surface area contributed by atoms with Crippen LogP contribution in [0.15, 0.2) is 36.5 Å². The number of carbonyl (C=O) groups is 1. The summed E-state index contributed by atoms with van der Waals surface area (Å²) in [6, 6.07) is 9.43. The lowest BCUT2D eigenvalue weighted by Gasteiger charge is -2.12. The Morgan fingerprint density at radius 1 is 1.19 bits per heavy atom. The predicted molar refractivity (Wildman–Crippen MR) is 102 cm³/mol. The van der Waals surface area contributed by atoms with Gasteiger partial charge in [-0.3, -0.25) is 9.78 Å². The third kappa shape index (κ3) is 3.83. The van der Waals surface area contributed by atoms with E-state index in [1.807, 2.05) is 44.2 Å². The maximum Gasteiger partial charge on any atom is 0.302 e. The summed E-state index contributed by atoms with van der Waals surface area (Å²) in [5.41, 5.74) is 5.04. The number of rotatable bonds is 6. The number of fused-ring (bicyclic) bond motifs is 1. The number of esters is 1. The van der Waals surface area contributed by atoms with E-state index < -0.39 is 0 Å². The summed E-state index contributed by atoms with van der Waals surface area (Å²) in [7, 11) is 0. The van der Waals surface area contributed by atoms with Crippen molar-refractivity contribution < 1.29 is 14.3 Å². The normalized spacial score (nSPS) is 10.9. The highest BCUT2D eigenvalue weighted by Gasteiger charge is 2.16. The van der Waals surface area contributed by atoms with E-state index in [1.165, 1.54) is 6.92 Å². The van der Waals surface area contributed by atoms with E-state index in [1.54, 1.807) is 6.20 Å². The highest BCUT2D eigenvalue weighted by molar-refractivity contribution is 6.30. The van der Waals surface area contributed by atoms with Crippen molar-refractivity contribution in [3.8, 4) is 5.75 Å². The van der Waals surface area contributed by atoms with Gasteiger partial charge >= 0.3 is 5.97 Å². The number of carbonyl (C=O) groups excluding carboxylic acids is 1. The summed E-state index contributed by atoms with van der Waals surface area (Å²) in [5.74, 6) is 0.470. The highest BCUT2D eigenvalue weighted by atomic mass is 35.5. The van der Waals surface area contributed by atoms with Crippen LogP contribution in [-0.2, 0) is 22.7 Å². The third-order valence-corrected chi connectivity index (χ3v) is 4.64. The van der Waals surface area contributed by atoms with E-state index in [4.69, 9.17) is 21.1 Å². The molecule has 0 unspecified atom stereocenters. The third-order valence-electron chi connectivity index (χ3n) is 4.39. The molecule has 0 amide bonds. The van der Waals surface area contributed by atoms with Gasteiger partial charge in [0.25, 0.3) is 0 Å². The van der Waals surface area contributed by atoms with Gasteiger partial charge in [0.05, 0.1) is 12.1 Å². The van der Waals surface area contributed by atoms with Crippen LogP contribution in [-0.4, -0.2) is 22.1 Å². The molecule has 6 heteroatoms. The fourth-order valence-corrected chi connectivity index (χ4v) is 3.06. The lowest BCUT2D eigenvalue weighted by atomic mass is 10.2. The molecular weight excluding hydrogens is 352 g/mol. The first-order valence-electron chi connectivity index (χ1n) is 8.42. The van der Waals surface area contributed by atoms with Crippen LogP contribution in [0.4, 0.5) is 0 Å². The molecule has 136 valence electrons. The van der Waals surface area contributed by atoms with Gasteiger partial charge in [0, 0.05) is 29.9 Å². The lowest BCUT2D eigenvalue weighted by Crippen LogP contribution is -2.10. The van der Waals surface area contributed by atoms with Gasteiger partial charge in [-0.2, -0.15) is 0 Å². The van der Waals surface area contributed by atoms with Crippen molar-refractivity contribution in [2.24, 2.45) is 0 Å². The SMILES string of the molecule is CC(=O)OCCn1c(C)c(C)c2nccc(OCc3ccc(Cl)cc3)c21. The number of ether oxygens (including phenoxy) is 2. The molecule has 3 rings (SSSR count). The van der Waals surface area contributed by atoms with Gasteiger partial charge in [-0.15, -0.1) is 0 Å². The van der Waals surface area contributed by atoms with Crippen LogP contribution in [0.2, 0.25) is 5.02 Å². The number of benzene rings is 1. The summed E-state index contributed by atoms with van der Waals surface area (Å²) in [6.07, 6.45) is 1.75. The Hall–Kier alpha value is -2.53. The maximum absolute atomic E-state index is 11.1. The number of pyridine rings is 1. The van der Waals surface area contributed by atoms with Gasteiger partial charge in [-0.1, -0.05) is 23.7 Å². The van der Waals surface area contributed by atoms with Gasteiger partial charge in [-0.05, 0) is 37.1 Å². The molecule has 0 fully saturated rings. The number of aryl methyl sites for hydroxylation is 1. The second kappa shape index (κ2) is 7.79. The second-order valence-electron chi connectivity index (χ2n) is 6.12. The molecule has 0 saturated carbocycles. The molecular formula is C20H21ClN2O3. The van der Waals surface area contributed by atoms with Crippen molar-refractivity contribution >= 4 is 28.6 Å². The lowest BCUT2D eigenvalue weighted by molar-refractivity contribution is -0.141. The monoisotopic (exact) mass is 372 g/mol. The Morgan fingerprint density at radius 3 is 2.62 bits per heavy atom. The molecule has 0 aliphatic rings. The van der Waals surface area contributed by atoms with Crippen molar-refractivity contribution in [1.82, 2.24) is 9.55 Å². The van der Waals surface area contributed by atoms with E-state index >= 15 is 0 Å². The highest BCUT2D eigenvalue weighted by Crippen LogP contribution is 2.31. The Labute approximate surface area is 157 Å². The van der Waals surface area contributed by atoms with E-state index in [0.29, 0.717) is 24.8 Å². The number of nitrogens with zero attached hydrogens (tertiary/aromatic N) is 2. The van der Waals surface area contributed by atoms with Crippen molar-refractivity contribution in [2.75, 3.05) is 6.61 Å². The summed E-state index contributed by atoms with van der Waals surface area (Å²) in [6.45, 7) is 6.78. The molecule has 0 aliphatic heterocycles. The maximum atomic E-state index is 11.1. The van der Waals surface area contributed by atoms with Crippen molar-refractivity contribution in [3.63, 3.8) is 0 Å². The Bertz CT molecular complexity index is 932. The van der Waals surface area contributed by atoms with Crippen molar-refractivity contribution in [2.45, 2.75) is 33.9 Å². The van der Waals surface area contributed by atoms with Crippen molar-refractivity contribution in [1.29, 1.82) is 0 Å². The molecule has 0 bridgehead atoms. The zero-order valence-corrected chi connectivity index (χ0v) is 15.8. The largest absolute Gasteiger partial charge is 0.487 e. The molecule has 0 aliphatic carbocycles. The molecule has 0 N–H and O–H groups in total. The van der Waals surface area contributed by atoms with Crippen LogP contribution in [0.3, 0.4) is 0 Å². The zero-order chi connectivity index (χ0) is 18.7. The van der Waals surface area contributed by atoms with Crippen molar-refractivity contribution in [3.05, 3.63) is 58.4 Å². The second-order valence-corrected chi connectivity index (χ2v) is 6.56. The molecule has 0 radical (unpaired) electrons. The first-order valence-corrected chi connectivity index (χ1v) is 8.80. The van der Waals surface area contributed by atoms with Gasteiger partial charge < -0.3 is 14.0 Å². The van der Waals surface area contributed by atoms with Crippen LogP contribution >= 0.6 is 11.6 Å². The number of hydrogen-bond donors (Lipinski definition) is 0. The Kier molecular flexibility index (Phi) is 5.47. The fourth-order valence-electron chi connectivity index (χ4n) is 2.93. The molecule has 0 spiro atoms. The van der Waals surface area contributed by atoms with E-state index in [2.05, 4.69) is 9.55 Å². The van der Waals surface area contributed by atoms with Gasteiger partial charge in [-0.25, -0.2) is 0 Å². The van der Waals surface area contributed by atoms with Gasteiger partial charge in [0.1, 0.15) is 24.5 Å². The Balaban J connectivity index is 1.90. The Morgan fingerprint density at radius 2 is 1.92 bits per heavy atom. The standard InChI is InChI=1S/C20H21ClN2O3/c1-13-14(2)23(10-11-25-15(3)24)20-18(8-9-22-19(13)20)26-12-16-4-6-17(21)7-5-16/h4-9H,10-12H2,1-3H3. The molecule has 2 aromatic heterocycles. The summed E-state index contributed by atoms with van der Waals surface area (Å²) in [4.78, 5) is 15.6. The quantitative estimate of drug-likeness (QED) is 0.600. The smallest absolute Gasteiger partial charge is 0.302 e. The number of halogens is 1. The van der Waals surface area contributed by atoms with E-state index in [9.17, 15) is 4.79 Å². The summed E-state index contributed by atoms with van der Waals surface area (Å²) in [5, 5.41) is 0.700. The minimum absolute atomic E-state index is 0.284. The van der Waals surface area contributed by atoms with Crippen LogP contribution in [0.25, 0.3) is 11.0 Å². The summed E-state index contributed by atoms with van der Waals surface area (Å²) >= 11 is 5.93. The number of hydrogen-bond acceptors (Lipinski definition) is 4. The van der Waals surface area contributed by atoms with Gasteiger partial charge in [0.2, 0.25) is 0 Å². The molecule has 2 heterocycles. The average Bonchev–Trinajstić information content (AvgIpc) is 2.86. The molecule has 0 saturated heterocycles. The fraction of sp³-hybridized carbons (Fsp3) is 0.300. The molecule has 0 atom stereocenters. The average molecular weight is 373 g/mol. The summed E-state index contributed by atoms with van der Waals surface area (Å²) < 4.78 is 13.3. The minimum atomic E-state index is -0.284. The number of aromatic nitrogens is 2. The zero-order valence-electron chi connectivity index (χ0n) is 15.1. The van der Waals surface area contributed by atoms with Gasteiger partial charge in [0.15, 0.2) is 0 Å². The van der Waals surface area contributed by atoms with E-state index in [-0.39, 0.29) is 5.97 Å². The van der Waals surface area contributed by atoms with Crippen LogP contribution in [0, 0.1) is 13.8 Å². The topological polar surface area (TPSA) is 53.4 Å². The molecule has 5 nitrogen and oxygen atoms in total. The molecule has 26 heavy (non-hydrogen) atoms. The predicted octanol–water partition coefficient (Wildman–Crippen LogP) is 4.45. The minimum Gasteiger partial charge on any atom is -0.487 e.